The molecule has 106 valence electrons. The molecule has 0 radical (unpaired) electrons. The fourth-order valence-corrected chi connectivity index (χ4v) is 2.69. The Labute approximate surface area is 121 Å². The number of pyridine rings is 1. The highest BCUT2D eigenvalue weighted by molar-refractivity contribution is 5.94. The second-order valence-corrected chi connectivity index (χ2v) is 5.48. The van der Waals surface area contributed by atoms with Gasteiger partial charge in [-0.3, -0.25) is 0 Å². The fraction of sp³-hybridized carbons (Fsp3) is 0.471. The van der Waals surface area contributed by atoms with Gasteiger partial charge in [0, 0.05) is 37.3 Å². The van der Waals surface area contributed by atoms with Gasteiger partial charge in [0.2, 0.25) is 0 Å². The van der Waals surface area contributed by atoms with Crippen LogP contribution in [0.25, 0.3) is 10.8 Å². The molecule has 2 aromatic rings. The molecule has 0 bridgehead atoms. The van der Waals surface area contributed by atoms with Crippen LogP contribution in [0.1, 0.15) is 32.3 Å². The summed E-state index contributed by atoms with van der Waals surface area (Å²) in [4.78, 5) is 7.05. The number of hydrogen-bond acceptors (Lipinski definition) is 3. The average molecular weight is 269 g/mol. The zero-order valence-corrected chi connectivity index (χ0v) is 12.4. The summed E-state index contributed by atoms with van der Waals surface area (Å²) in [6, 6.07) is 9.37. The Hall–Kier alpha value is -1.61. The van der Waals surface area contributed by atoms with Gasteiger partial charge in [-0.25, -0.2) is 4.98 Å². The van der Waals surface area contributed by atoms with E-state index in [-0.39, 0.29) is 0 Å². The Morgan fingerprint density at radius 1 is 1.15 bits per heavy atom. The van der Waals surface area contributed by atoms with Gasteiger partial charge in [0.15, 0.2) is 0 Å². The van der Waals surface area contributed by atoms with Gasteiger partial charge < -0.3 is 10.2 Å². The maximum Gasteiger partial charge on any atom is 0.136 e. The molecule has 0 amide bonds. The summed E-state index contributed by atoms with van der Waals surface area (Å²) in [5.41, 5.74) is 1.31. The number of aromatic nitrogens is 1. The van der Waals surface area contributed by atoms with E-state index in [4.69, 9.17) is 4.98 Å². The van der Waals surface area contributed by atoms with Gasteiger partial charge in [-0.05, 0) is 37.6 Å². The second-order valence-electron chi connectivity index (χ2n) is 5.48. The van der Waals surface area contributed by atoms with Crippen molar-refractivity contribution in [1.29, 1.82) is 0 Å². The number of fused-ring (bicyclic) bond motifs is 1. The normalized spacial score (nSPS) is 14.7. The molecule has 1 aliphatic carbocycles. The highest BCUT2D eigenvalue weighted by atomic mass is 15.2. The summed E-state index contributed by atoms with van der Waals surface area (Å²) in [6.07, 6.45) is 4.69. The Balaban J connectivity index is 1.99. The Morgan fingerprint density at radius 2 is 1.85 bits per heavy atom. The quantitative estimate of drug-likeness (QED) is 0.872. The molecule has 3 heteroatoms. The fourth-order valence-electron chi connectivity index (χ4n) is 2.69. The van der Waals surface area contributed by atoms with Gasteiger partial charge in [0.1, 0.15) is 5.82 Å². The minimum Gasteiger partial charge on any atom is -0.357 e. The first kappa shape index (κ1) is 13.4. The first-order chi connectivity index (χ1) is 9.83. The van der Waals surface area contributed by atoms with Crippen LogP contribution in [0.5, 0.6) is 0 Å². The molecular formula is C17H23N3. The van der Waals surface area contributed by atoms with Crippen molar-refractivity contribution in [3.8, 4) is 0 Å². The van der Waals surface area contributed by atoms with E-state index in [1.54, 1.807) is 0 Å². The van der Waals surface area contributed by atoms with E-state index in [1.165, 1.54) is 29.2 Å². The molecular weight excluding hydrogens is 246 g/mol. The van der Waals surface area contributed by atoms with E-state index < -0.39 is 0 Å². The predicted molar refractivity (Wildman–Crippen MR) is 85.2 cm³/mol. The number of anilines is 1. The van der Waals surface area contributed by atoms with Gasteiger partial charge in [0.05, 0.1) is 0 Å². The molecule has 1 heterocycles. The molecule has 0 saturated heterocycles. The summed E-state index contributed by atoms with van der Waals surface area (Å²) < 4.78 is 0. The van der Waals surface area contributed by atoms with E-state index in [0.29, 0.717) is 0 Å². The van der Waals surface area contributed by atoms with Crippen LogP contribution >= 0.6 is 0 Å². The first-order valence-corrected chi connectivity index (χ1v) is 7.68. The molecule has 0 unspecified atom stereocenters. The summed E-state index contributed by atoms with van der Waals surface area (Å²) in [7, 11) is 0. The van der Waals surface area contributed by atoms with Gasteiger partial charge in [-0.15, -0.1) is 0 Å². The van der Waals surface area contributed by atoms with Crippen molar-refractivity contribution in [2.45, 2.75) is 39.3 Å². The van der Waals surface area contributed by atoms with Gasteiger partial charge in [0.25, 0.3) is 0 Å². The van der Waals surface area contributed by atoms with Crippen molar-refractivity contribution < 1.29 is 0 Å². The highest BCUT2D eigenvalue weighted by Crippen LogP contribution is 2.28. The second kappa shape index (κ2) is 5.80. The lowest BCUT2D eigenvalue weighted by molar-refractivity contribution is 0.689. The van der Waals surface area contributed by atoms with Crippen LogP contribution in [0, 0.1) is 0 Å². The number of hydrogen-bond donors (Lipinski definition) is 1. The lowest BCUT2D eigenvalue weighted by Gasteiger charge is -2.22. The van der Waals surface area contributed by atoms with Crippen LogP contribution in [0.4, 0.5) is 5.82 Å². The van der Waals surface area contributed by atoms with E-state index in [1.807, 2.05) is 6.20 Å². The van der Waals surface area contributed by atoms with Crippen molar-refractivity contribution in [3.63, 3.8) is 0 Å². The lowest BCUT2D eigenvalue weighted by Crippen LogP contribution is -2.23. The Morgan fingerprint density at radius 3 is 2.50 bits per heavy atom. The number of rotatable bonds is 6. The third-order valence-electron chi connectivity index (χ3n) is 4.08. The van der Waals surface area contributed by atoms with Gasteiger partial charge in [-0.2, -0.15) is 0 Å². The van der Waals surface area contributed by atoms with Crippen LogP contribution in [0.3, 0.4) is 0 Å². The SMILES string of the molecule is CCN(CC)c1ncc(CNC2CC2)c2ccccc12. The molecule has 20 heavy (non-hydrogen) atoms. The molecule has 0 spiro atoms. The summed E-state index contributed by atoms with van der Waals surface area (Å²) >= 11 is 0. The largest absolute Gasteiger partial charge is 0.357 e. The Kier molecular flexibility index (Phi) is 3.88. The third kappa shape index (κ3) is 2.63. The minimum absolute atomic E-state index is 0.733. The van der Waals surface area contributed by atoms with Crippen molar-refractivity contribution in [2.75, 3.05) is 18.0 Å². The zero-order valence-electron chi connectivity index (χ0n) is 12.4. The molecule has 1 N–H and O–H groups in total. The molecule has 1 saturated carbocycles. The van der Waals surface area contributed by atoms with E-state index in [2.05, 4.69) is 48.3 Å². The molecule has 1 aromatic carbocycles. The summed E-state index contributed by atoms with van der Waals surface area (Å²) in [5, 5.41) is 6.19. The van der Waals surface area contributed by atoms with Crippen molar-refractivity contribution in [2.24, 2.45) is 0 Å². The maximum absolute atomic E-state index is 4.73. The monoisotopic (exact) mass is 269 g/mol. The maximum atomic E-state index is 4.73. The van der Waals surface area contributed by atoms with Crippen LogP contribution in [-0.4, -0.2) is 24.1 Å². The van der Waals surface area contributed by atoms with Crippen LogP contribution in [-0.2, 0) is 6.54 Å². The van der Waals surface area contributed by atoms with Crippen molar-refractivity contribution in [1.82, 2.24) is 10.3 Å². The zero-order chi connectivity index (χ0) is 13.9. The standard InChI is InChI=1S/C17H23N3/c1-3-20(4-2)17-16-8-6-5-7-15(16)13(12-19-17)11-18-14-9-10-14/h5-8,12,14,18H,3-4,9-11H2,1-2H3. The predicted octanol–water partition coefficient (Wildman–Crippen LogP) is 3.33. The van der Waals surface area contributed by atoms with E-state index in [9.17, 15) is 0 Å². The van der Waals surface area contributed by atoms with E-state index >= 15 is 0 Å². The first-order valence-electron chi connectivity index (χ1n) is 7.68. The highest BCUT2D eigenvalue weighted by Gasteiger charge is 2.20. The smallest absolute Gasteiger partial charge is 0.136 e. The summed E-state index contributed by atoms with van der Waals surface area (Å²) in [6.45, 7) is 7.28. The lowest BCUT2D eigenvalue weighted by atomic mass is 10.1. The molecule has 1 aromatic heterocycles. The number of nitrogens with one attached hydrogen (secondary N) is 1. The van der Waals surface area contributed by atoms with Crippen LogP contribution in [0.15, 0.2) is 30.5 Å². The molecule has 0 atom stereocenters. The molecule has 1 aliphatic rings. The summed E-state index contributed by atoms with van der Waals surface area (Å²) in [5.74, 6) is 1.11. The number of nitrogens with zero attached hydrogens (tertiary/aromatic N) is 2. The topological polar surface area (TPSA) is 28.2 Å². The van der Waals surface area contributed by atoms with Gasteiger partial charge >= 0.3 is 0 Å². The molecule has 0 aliphatic heterocycles. The third-order valence-corrected chi connectivity index (χ3v) is 4.08. The Bertz CT molecular complexity index is 586. The van der Waals surface area contributed by atoms with Crippen LogP contribution in [0.2, 0.25) is 0 Å². The van der Waals surface area contributed by atoms with Crippen molar-refractivity contribution in [3.05, 3.63) is 36.0 Å². The average Bonchev–Trinajstić information content (AvgIpc) is 3.31. The van der Waals surface area contributed by atoms with Gasteiger partial charge in [-0.1, -0.05) is 24.3 Å². The minimum atomic E-state index is 0.733. The van der Waals surface area contributed by atoms with Crippen molar-refractivity contribution >= 4 is 16.6 Å². The molecule has 3 rings (SSSR count). The molecule has 1 fully saturated rings. The van der Waals surface area contributed by atoms with E-state index in [0.717, 1.165) is 31.5 Å². The number of benzene rings is 1. The molecule has 3 nitrogen and oxygen atoms in total. The van der Waals surface area contributed by atoms with Crippen LogP contribution < -0.4 is 10.2 Å².